The molecule has 8 heteroatoms. The first-order chi connectivity index (χ1) is 13.1. The normalized spacial score (nSPS) is 10.4. The second kappa shape index (κ2) is 9.18. The van der Waals surface area contributed by atoms with E-state index in [-0.39, 0.29) is 12.6 Å². The number of halogens is 1. The van der Waals surface area contributed by atoms with Crippen LogP contribution >= 0.6 is 15.9 Å². The third-order valence-electron chi connectivity index (χ3n) is 3.62. The van der Waals surface area contributed by atoms with Crippen molar-refractivity contribution in [1.82, 2.24) is 20.8 Å². The molecule has 2 amide bonds. The summed E-state index contributed by atoms with van der Waals surface area (Å²) in [7, 11) is 0. The van der Waals surface area contributed by atoms with Crippen LogP contribution in [0.5, 0.6) is 5.75 Å². The number of urea groups is 1. The molecule has 0 saturated heterocycles. The van der Waals surface area contributed by atoms with Crippen LogP contribution in [-0.4, -0.2) is 29.3 Å². The molecule has 0 aliphatic carbocycles. The minimum atomic E-state index is -0.323. The third kappa shape index (κ3) is 5.82. The number of hydrogen-bond donors (Lipinski definition) is 2. The number of ether oxygens (including phenoxy) is 1. The van der Waals surface area contributed by atoms with E-state index < -0.39 is 0 Å². The highest BCUT2D eigenvalue weighted by Crippen LogP contribution is 2.21. The quantitative estimate of drug-likeness (QED) is 0.557. The largest absolute Gasteiger partial charge is 0.492 e. The molecule has 0 aliphatic heterocycles. The van der Waals surface area contributed by atoms with Gasteiger partial charge in [0.15, 0.2) is 5.82 Å². The summed E-state index contributed by atoms with van der Waals surface area (Å²) < 4.78 is 11.7. The van der Waals surface area contributed by atoms with Gasteiger partial charge in [-0.15, -0.1) is 0 Å². The predicted molar refractivity (Wildman–Crippen MR) is 104 cm³/mol. The van der Waals surface area contributed by atoms with Gasteiger partial charge in [-0.05, 0) is 37.3 Å². The average molecular weight is 431 g/mol. The summed E-state index contributed by atoms with van der Waals surface area (Å²) in [6.45, 7) is 2.95. The van der Waals surface area contributed by atoms with Crippen molar-refractivity contribution in [3.63, 3.8) is 0 Å². The Kier molecular flexibility index (Phi) is 6.43. The molecule has 0 unspecified atom stereocenters. The van der Waals surface area contributed by atoms with E-state index in [1.54, 1.807) is 0 Å². The number of amides is 2. The molecule has 2 aromatic carbocycles. The zero-order chi connectivity index (χ0) is 19.1. The van der Waals surface area contributed by atoms with Gasteiger partial charge < -0.3 is 19.9 Å². The lowest BCUT2D eigenvalue weighted by Crippen LogP contribution is -2.37. The Hall–Kier alpha value is -2.87. The molecular formula is C19H19BrN4O3. The lowest BCUT2D eigenvalue weighted by Gasteiger charge is -2.08. The maximum atomic E-state index is 11.8. The van der Waals surface area contributed by atoms with Crippen LogP contribution in [0.3, 0.4) is 0 Å². The SMILES string of the molecule is Cc1ccc(OCCNC(=O)NCc2noc(-c3cccc(Br)c3)n2)cc1. The van der Waals surface area contributed by atoms with E-state index in [4.69, 9.17) is 9.26 Å². The topological polar surface area (TPSA) is 89.3 Å². The zero-order valence-electron chi connectivity index (χ0n) is 14.7. The van der Waals surface area contributed by atoms with Gasteiger partial charge in [0, 0.05) is 10.0 Å². The van der Waals surface area contributed by atoms with Gasteiger partial charge in [0.05, 0.1) is 13.1 Å². The fourth-order valence-corrected chi connectivity index (χ4v) is 2.65. The molecule has 1 heterocycles. The van der Waals surface area contributed by atoms with E-state index in [2.05, 4.69) is 36.7 Å². The van der Waals surface area contributed by atoms with Crippen molar-refractivity contribution in [1.29, 1.82) is 0 Å². The molecule has 1 aromatic heterocycles. The van der Waals surface area contributed by atoms with Gasteiger partial charge in [0.2, 0.25) is 0 Å². The summed E-state index contributed by atoms with van der Waals surface area (Å²) >= 11 is 3.40. The molecule has 27 heavy (non-hydrogen) atoms. The van der Waals surface area contributed by atoms with Crippen LogP contribution in [-0.2, 0) is 6.54 Å². The Bertz CT molecular complexity index is 896. The molecule has 140 valence electrons. The number of carbonyl (C=O) groups is 1. The summed E-state index contributed by atoms with van der Waals surface area (Å²) in [6.07, 6.45) is 0. The molecule has 3 aromatic rings. The Morgan fingerprint density at radius 2 is 2.00 bits per heavy atom. The third-order valence-corrected chi connectivity index (χ3v) is 4.12. The molecule has 0 fully saturated rings. The van der Waals surface area contributed by atoms with E-state index >= 15 is 0 Å². The van der Waals surface area contributed by atoms with E-state index in [0.717, 1.165) is 15.8 Å². The van der Waals surface area contributed by atoms with Crippen LogP contribution in [0.15, 0.2) is 57.5 Å². The second-order valence-corrected chi connectivity index (χ2v) is 6.71. The van der Waals surface area contributed by atoms with Gasteiger partial charge in [0.1, 0.15) is 12.4 Å². The van der Waals surface area contributed by atoms with Crippen molar-refractivity contribution in [2.45, 2.75) is 13.5 Å². The number of nitrogens with one attached hydrogen (secondary N) is 2. The smallest absolute Gasteiger partial charge is 0.315 e. The van der Waals surface area contributed by atoms with Crippen LogP contribution in [0.1, 0.15) is 11.4 Å². The Labute approximate surface area is 165 Å². The molecule has 0 atom stereocenters. The fraction of sp³-hybridized carbons (Fsp3) is 0.211. The van der Waals surface area contributed by atoms with Crippen molar-refractivity contribution in [3.05, 3.63) is 64.4 Å². The highest BCUT2D eigenvalue weighted by atomic mass is 79.9. The van der Waals surface area contributed by atoms with Crippen molar-refractivity contribution >= 4 is 22.0 Å². The van der Waals surface area contributed by atoms with Gasteiger partial charge in [-0.1, -0.05) is 44.8 Å². The molecule has 2 N–H and O–H groups in total. The van der Waals surface area contributed by atoms with Crippen molar-refractivity contribution in [3.8, 4) is 17.2 Å². The number of benzene rings is 2. The van der Waals surface area contributed by atoms with Gasteiger partial charge in [-0.25, -0.2) is 4.79 Å². The standard InChI is InChI=1S/C19H19BrN4O3/c1-13-5-7-16(8-6-13)26-10-9-21-19(25)22-12-17-23-18(27-24-17)14-3-2-4-15(20)11-14/h2-8,11H,9-10,12H2,1H3,(H2,21,22,25). The maximum Gasteiger partial charge on any atom is 0.315 e. The van der Waals surface area contributed by atoms with E-state index in [1.807, 2.05) is 55.5 Å². The maximum absolute atomic E-state index is 11.8. The monoisotopic (exact) mass is 430 g/mol. The predicted octanol–water partition coefficient (Wildman–Crippen LogP) is 3.69. The van der Waals surface area contributed by atoms with Crippen molar-refractivity contribution in [2.75, 3.05) is 13.2 Å². The summed E-state index contributed by atoms with van der Waals surface area (Å²) in [5.74, 6) is 1.57. The van der Waals surface area contributed by atoms with Crippen LogP contribution in [0, 0.1) is 6.92 Å². The Morgan fingerprint density at radius 1 is 1.19 bits per heavy atom. The van der Waals surface area contributed by atoms with Gasteiger partial charge >= 0.3 is 6.03 Å². The summed E-state index contributed by atoms with van der Waals surface area (Å²) in [6, 6.07) is 15.0. The summed E-state index contributed by atoms with van der Waals surface area (Å²) in [4.78, 5) is 16.1. The summed E-state index contributed by atoms with van der Waals surface area (Å²) in [5, 5.41) is 9.26. The van der Waals surface area contributed by atoms with E-state index in [0.29, 0.717) is 24.9 Å². The molecule has 0 radical (unpaired) electrons. The average Bonchev–Trinajstić information content (AvgIpc) is 3.14. The first kappa shape index (κ1) is 18.9. The van der Waals surface area contributed by atoms with Gasteiger partial charge in [0.25, 0.3) is 5.89 Å². The van der Waals surface area contributed by atoms with E-state index in [9.17, 15) is 4.79 Å². The van der Waals surface area contributed by atoms with Crippen LogP contribution in [0.25, 0.3) is 11.5 Å². The van der Waals surface area contributed by atoms with Crippen LogP contribution in [0.2, 0.25) is 0 Å². The number of nitrogens with zero attached hydrogens (tertiary/aromatic N) is 2. The highest BCUT2D eigenvalue weighted by molar-refractivity contribution is 9.10. The Morgan fingerprint density at radius 3 is 2.78 bits per heavy atom. The van der Waals surface area contributed by atoms with Crippen molar-refractivity contribution in [2.24, 2.45) is 0 Å². The van der Waals surface area contributed by atoms with Gasteiger partial charge in [-0.2, -0.15) is 4.98 Å². The molecule has 7 nitrogen and oxygen atoms in total. The van der Waals surface area contributed by atoms with Crippen molar-refractivity contribution < 1.29 is 14.1 Å². The zero-order valence-corrected chi connectivity index (χ0v) is 16.3. The molecule has 0 bridgehead atoms. The number of carbonyl (C=O) groups excluding carboxylic acids is 1. The summed E-state index contributed by atoms with van der Waals surface area (Å²) in [5.41, 5.74) is 1.98. The number of hydrogen-bond acceptors (Lipinski definition) is 5. The number of rotatable bonds is 7. The number of aromatic nitrogens is 2. The van der Waals surface area contributed by atoms with Gasteiger partial charge in [-0.3, -0.25) is 0 Å². The van der Waals surface area contributed by atoms with E-state index in [1.165, 1.54) is 5.56 Å². The van der Waals surface area contributed by atoms with Crippen LogP contribution < -0.4 is 15.4 Å². The Balaban J connectivity index is 1.38. The molecule has 0 spiro atoms. The lowest BCUT2D eigenvalue weighted by atomic mass is 10.2. The lowest BCUT2D eigenvalue weighted by molar-refractivity contribution is 0.235. The fourth-order valence-electron chi connectivity index (χ4n) is 2.25. The van der Waals surface area contributed by atoms with Crippen LogP contribution in [0.4, 0.5) is 4.79 Å². The first-order valence-corrected chi connectivity index (χ1v) is 9.19. The molecular weight excluding hydrogens is 412 g/mol. The second-order valence-electron chi connectivity index (χ2n) is 5.80. The molecule has 0 aliphatic rings. The first-order valence-electron chi connectivity index (χ1n) is 8.40. The molecule has 3 rings (SSSR count). The molecule has 0 saturated carbocycles. The highest BCUT2D eigenvalue weighted by Gasteiger charge is 2.10. The number of aryl methyl sites for hydroxylation is 1. The minimum Gasteiger partial charge on any atom is -0.492 e. The minimum absolute atomic E-state index is 0.169.